The molecule has 1 aromatic heterocycles. The summed E-state index contributed by atoms with van der Waals surface area (Å²) in [7, 11) is 0. The highest BCUT2D eigenvalue weighted by Crippen LogP contribution is 2.23. The van der Waals surface area contributed by atoms with Crippen molar-refractivity contribution < 1.29 is 9.47 Å². The highest BCUT2D eigenvalue weighted by molar-refractivity contribution is 6.30. The van der Waals surface area contributed by atoms with Crippen molar-refractivity contribution in [2.75, 3.05) is 62.8 Å². The number of halogens is 1. The van der Waals surface area contributed by atoms with Crippen molar-refractivity contribution in [2.45, 2.75) is 12.8 Å². The Hall–Kier alpha value is -2.00. The van der Waals surface area contributed by atoms with Crippen LogP contribution in [0.4, 0.5) is 11.9 Å². The Bertz CT molecular complexity index is 725. The maximum Gasteiger partial charge on any atom is 0.230 e. The van der Waals surface area contributed by atoms with Gasteiger partial charge in [0.05, 0.1) is 26.4 Å². The number of nitrogens with one attached hydrogen (secondary N) is 1. The van der Waals surface area contributed by atoms with Gasteiger partial charge in [0.15, 0.2) is 5.82 Å². The lowest BCUT2D eigenvalue weighted by atomic mass is 10.2. The number of anilines is 2. The highest BCUT2D eigenvalue weighted by Gasteiger charge is 2.18. The van der Waals surface area contributed by atoms with Crippen molar-refractivity contribution in [3.63, 3.8) is 0 Å². The molecule has 1 fully saturated rings. The average molecular weight is 407 g/mol. The number of rotatable bonds is 11. The second kappa shape index (κ2) is 11.1. The van der Waals surface area contributed by atoms with Gasteiger partial charge >= 0.3 is 0 Å². The fraction of sp³-hybridized carbons (Fsp3) is 0.526. The van der Waals surface area contributed by atoms with E-state index in [-0.39, 0.29) is 0 Å². The fourth-order valence-electron chi connectivity index (χ4n) is 2.87. The quantitative estimate of drug-likeness (QED) is 0.548. The lowest BCUT2D eigenvalue weighted by molar-refractivity contribution is 0.0547. The molecule has 1 aliphatic rings. The van der Waals surface area contributed by atoms with Crippen LogP contribution in [-0.4, -0.2) is 67.6 Å². The Morgan fingerprint density at radius 3 is 2.39 bits per heavy atom. The molecule has 2 aromatic rings. The van der Waals surface area contributed by atoms with Crippen molar-refractivity contribution in [1.29, 1.82) is 0 Å². The molecule has 2 heterocycles. The molecule has 8 nitrogen and oxygen atoms in total. The molecule has 0 amide bonds. The number of nitrogens with two attached hydrogens (primary N) is 1. The lowest BCUT2D eigenvalue weighted by Crippen LogP contribution is -2.22. The number of nitrogens with zero attached hydrogens (tertiary/aromatic N) is 4. The molecule has 0 unspecified atom stereocenters. The van der Waals surface area contributed by atoms with Crippen molar-refractivity contribution >= 4 is 23.5 Å². The number of hydrogen-bond acceptors (Lipinski definition) is 8. The molecular weight excluding hydrogens is 380 g/mol. The molecule has 9 heteroatoms. The molecule has 0 radical (unpaired) electrons. The van der Waals surface area contributed by atoms with Gasteiger partial charge in [-0.15, -0.1) is 0 Å². The van der Waals surface area contributed by atoms with Crippen LogP contribution in [0.5, 0.6) is 0 Å². The van der Waals surface area contributed by atoms with Gasteiger partial charge in [0.25, 0.3) is 0 Å². The molecule has 152 valence electrons. The fourth-order valence-corrected chi connectivity index (χ4v) is 3.00. The van der Waals surface area contributed by atoms with Gasteiger partial charge in [0, 0.05) is 36.8 Å². The first-order chi connectivity index (χ1) is 13.8. The number of ether oxygens (including phenoxy) is 2. The smallest absolute Gasteiger partial charge is 0.230 e. The zero-order valence-electron chi connectivity index (χ0n) is 15.9. The summed E-state index contributed by atoms with van der Waals surface area (Å²) < 4.78 is 10.8. The summed E-state index contributed by atoms with van der Waals surface area (Å²) in [6.07, 6.45) is 2.32. The van der Waals surface area contributed by atoms with Crippen LogP contribution < -0.4 is 16.0 Å². The summed E-state index contributed by atoms with van der Waals surface area (Å²) in [5, 5.41) is 3.92. The standard InChI is InChI=1S/C19H27ClN6O2/c20-16-5-3-15(4-6-16)17-23-18(22-8-12-28-14-13-27-11-7-21)25-19(24-17)26-9-1-2-10-26/h3-6H,1-2,7-14,21H2,(H,22,23,24,25). The van der Waals surface area contributed by atoms with Gasteiger partial charge in [-0.1, -0.05) is 11.6 Å². The van der Waals surface area contributed by atoms with Crippen LogP contribution in [0, 0.1) is 0 Å². The molecule has 3 N–H and O–H groups in total. The Balaban J connectivity index is 1.61. The van der Waals surface area contributed by atoms with E-state index < -0.39 is 0 Å². The summed E-state index contributed by atoms with van der Waals surface area (Å²) in [6, 6.07) is 7.51. The SMILES string of the molecule is NCCOCCOCCNc1nc(-c2ccc(Cl)cc2)nc(N2CCCC2)n1. The second-order valence-corrected chi connectivity index (χ2v) is 6.86. The minimum atomic E-state index is 0.524. The van der Waals surface area contributed by atoms with Crippen molar-refractivity contribution in [2.24, 2.45) is 5.73 Å². The molecule has 3 rings (SSSR count). The van der Waals surface area contributed by atoms with Crippen molar-refractivity contribution in [3.8, 4) is 11.4 Å². The van der Waals surface area contributed by atoms with E-state index in [1.54, 1.807) is 0 Å². The molecule has 0 saturated carbocycles. The summed E-state index contributed by atoms with van der Waals surface area (Å²) in [5.41, 5.74) is 6.28. The molecule has 28 heavy (non-hydrogen) atoms. The molecule has 0 aliphatic carbocycles. The molecule has 1 aliphatic heterocycles. The molecule has 1 saturated heterocycles. The summed E-state index contributed by atoms with van der Waals surface area (Å²) in [5.74, 6) is 1.88. The molecule has 0 atom stereocenters. The first-order valence-corrected chi connectivity index (χ1v) is 10.0. The largest absolute Gasteiger partial charge is 0.378 e. The topological polar surface area (TPSA) is 98.4 Å². The van der Waals surface area contributed by atoms with Crippen LogP contribution in [0.2, 0.25) is 5.02 Å². The predicted molar refractivity (Wildman–Crippen MR) is 111 cm³/mol. The summed E-state index contributed by atoms with van der Waals surface area (Å²) >= 11 is 6.00. The third kappa shape index (κ3) is 6.27. The Morgan fingerprint density at radius 2 is 1.68 bits per heavy atom. The van der Waals surface area contributed by atoms with Crippen LogP contribution in [0.1, 0.15) is 12.8 Å². The molecule has 1 aromatic carbocycles. The van der Waals surface area contributed by atoms with Gasteiger partial charge in [0.2, 0.25) is 11.9 Å². The average Bonchev–Trinajstić information content (AvgIpc) is 3.25. The van der Waals surface area contributed by atoms with Gasteiger partial charge in [-0.05, 0) is 37.1 Å². The van der Waals surface area contributed by atoms with E-state index in [0.717, 1.165) is 31.5 Å². The minimum absolute atomic E-state index is 0.524. The normalized spacial score (nSPS) is 13.9. The minimum Gasteiger partial charge on any atom is -0.378 e. The van der Waals surface area contributed by atoms with Gasteiger partial charge in [0.1, 0.15) is 0 Å². The van der Waals surface area contributed by atoms with Crippen LogP contribution in [0.25, 0.3) is 11.4 Å². The summed E-state index contributed by atoms with van der Waals surface area (Å²) in [6.45, 7) is 5.23. The maximum absolute atomic E-state index is 6.00. The number of aromatic nitrogens is 3. The van der Waals surface area contributed by atoms with Gasteiger partial charge < -0.3 is 25.4 Å². The Labute approximate surface area is 170 Å². The van der Waals surface area contributed by atoms with Gasteiger partial charge in [-0.2, -0.15) is 15.0 Å². The predicted octanol–water partition coefficient (Wildman–Crippen LogP) is 2.20. The Kier molecular flexibility index (Phi) is 8.23. The van der Waals surface area contributed by atoms with Crippen molar-refractivity contribution in [3.05, 3.63) is 29.3 Å². The number of benzene rings is 1. The molecule has 0 spiro atoms. The van der Waals surface area contributed by atoms with E-state index in [1.165, 1.54) is 0 Å². The van der Waals surface area contributed by atoms with E-state index >= 15 is 0 Å². The van der Waals surface area contributed by atoms with E-state index in [0.29, 0.717) is 62.3 Å². The first-order valence-electron chi connectivity index (χ1n) is 9.62. The lowest BCUT2D eigenvalue weighted by Gasteiger charge is -2.17. The van der Waals surface area contributed by atoms with E-state index in [4.69, 9.17) is 26.8 Å². The maximum atomic E-state index is 6.00. The van der Waals surface area contributed by atoms with Gasteiger partial charge in [-0.25, -0.2) is 0 Å². The molecule has 0 bridgehead atoms. The monoisotopic (exact) mass is 406 g/mol. The van der Waals surface area contributed by atoms with Crippen LogP contribution in [-0.2, 0) is 9.47 Å². The van der Waals surface area contributed by atoms with Crippen LogP contribution >= 0.6 is 11.6 Å². The zero-order chi connectivity index (χ0) is 19.6. The van der Waals surface area contributed by atoms with E-state index in [9.17, 15) is 0 Å². The third-order valence-corrected chi connectivity index (χ3v) is 4.53. The number of hydrogen-bond donors (Lipinski definition) is 2. The zero-order valence-corrected chi connectivity index (χ0v) is 16.7. The second-order valence-electron chi connectivity index (χ2n) is 6.42. The van der Waals surface area contributed by atoms with Gasteiger partial charge in [-0.3, -0.25) is 0 Å². The van der Waals surface area contributed by atoms with Crippen LogP contribution in [0.15, 0.2) is 24.3 Å². The van der Waals surface area contributed by atoms with E-state index in [2.05, 4.69) is 25.2 Å². The molecular formula is C19H27ClN6O2. The van der Waals surface area contributed by atoms with Crippen molar-refractivity contribution in [1.82, 2.24) is 15.0 Å². The highest BCUT2D eigenvalue weighted by atomic mass is 35.5. The van der Waals surface area contributed by atoms with E-state index in [1.807, 2.05) is 24.3 Å². The summed E-state index contributed by atoms with van der Waals surface area (Å²) in [4.78, 5) is 16.0. The van der Waals surface area contributed by atoms with Crippen LogP contribution in [0.3, 0.4) is 0 Å². The third-order valence-electron chi connectivity index (χ3n) is 4.28. The first kappa shape index (κ1) is 20.7. The Morgan fingerprint density at radius 1 is 0.964 bits per heavy atom.